The lowest BCUT2D eigenvalue weighted by atomic mass is 10.1. The number of hydrogen-bond acceptors (Lipinski definition) is 4. The van der Waals surface area contributed by atoms with Gasteiger partial charge in [-0.25, -0.2) is 0 Å². The molecule has 1 aliphatic rings. The number of carbonyl (C=O) groups excluding carboxylic acids is 1. The average molecular weight is 288 g/mol. The summed E-state index contributed by atoms with van der Waals surface area (Å²) in [4.78, 5) is 12.1. The molecule has 3 heterocycles. The molecule has 2 aromatic heterocycles. The first-order valence-electron chi connectivity index (χ1n) is 7.37. The first-order chi connectivity index (χ1) is 10.1. The summed E-state index contributed by atoms with van der Waals surface area (Å²) >= 11 is 0. The van der Waals surface area contributed by atoms with E-state index in [2.05, 4.69) is 20.3 Å². The van der Waals surface area contributed by atoms with Crippen LogP contribution in [0.2, 0.25) is 0 Å². The minimum absolute atomic E-state index is 0.0137. The van der Waals surface area contributed by atoms with Crippen molar-refractivity contribution in [1.82, 2.24) is 20.3 Å². The van der Waals surface area contributed by atoms with Gasteiger partial charge in [0.05, 0.1) is 18.3 Å². The molecule has 112 valence electrons. The third kappa shape index (κ3) is 2.84. The fraction of sp³-hybridized carbons (Fsp3) is 0.533. The van der Waals surface area contributed by atoms with Crippen LogP contribution in [0.1, 0.15) is 41.1 Å². The lowest BCUT2D eigenvalue weighted by Crippen LogP contribution is -2.25. The van der Waals surface area contributed by atoms with Crippen LogP contribution in [0, 0.1) is 13.8 Å². The molecule has 0 saturated heterocycles. The van der Waals surface area contributed by atoms with E-state index in [9.17, 15) is 4.79 Å². The van der Waals surface area contributed by atoms with E-state index in [1.165, 1.54) is 18.5 Å². The monoisotopic (exact) mass is 288 g/mol. The van der Waals surface area contributed by atoms with Gasteiger partial charge in [0.15, 0.2) is 0 Å². The lowest BCUT2D eigenvalue weighted by molar-refractivity contribution is -0.120. The van der Waals surface area contributed by atoms with E-state index >= 15 is 0 Å². The van der Waals surface area contributed by atoms with Gasteiger partial charge in [0.2, 0.25) is 5.91 Å². The van der Waals surface area contributed by atoms with Gasteiger partial charge in [-0.3, -0.25) is 9.48 Å². The molecule has 0 bridgehead atoms. The van der Waals surface area contributed by atoms with Crippen LogP contribution in [0.5, 0.6) is 0 Å². The highest BCUT2D eigenvalue weighted by atomic mass is 16.5. The summed E-state index contributed by atoms with van der Waals surface area (Å²) in [6.45, 7) is 5.21. The maximum absolute atomic E-state index is 12.1. The summed E-state index contributed by atoms with van der Waals surface area (Å²) in [6.07, 6.45) is 5.62. The van der Waals surface area contributed by atoms with E-state index in [4.69, 9.17) is 4.52 Å². The van der Waals surface area contributed by atoms with Gasteiger partial charge in [0.1, 0.15) is 5.76 Å². The Bertz CT molecular complexity index is 637. The highest BCUT2D eigenvalue weighted by Crippen LogP contribution is 2.18. The third-order valence-corrected chi connectivity index (χ3v) is 4.06. The Hall–Kier alpha value is -2.11. The van der Waals surface area contributed by atoms with Crippen LogP contribution in [-0.2, 0) is 30.7 Å². The number of fused-ring (bicyclic) bond motifs is 1. The Labute approximate surface area is 123 Å². The quantitative estimate of drug-likeness (QED) is 0.929. The van der Waals surface area contributed by atoms with Gasteiger partial charge in [0, 0.05) is 29.9 Å². The van der Waals surface area contributed by atoms with Gasteiger partial charge in [-0.1, -0.05) is 5.16 Å². The third-order valence-electron chi connectivity index (χ3n) is 4.06. The summed E-state index contributed by atoms with van der Waals surface area (Å²) in [5.41, 5.74) is 4.05. The second-order valence-electron chi connectivity index (χ2n) is 5.55. The molecule has 0 saturated carbocycles. The molecular weight excluding hydrogens is 268 g/mol. The number of rotatable bonds is 4. The van der Waals surface area contributed by atoms with Crippen molar-refractivity contribution < 1.29 is 9.32 Å². The van der Waals surface area contributed by atoms with Crippen LogP contribution >= 0.6 is 0 Å². The zero-order valence-electron chi connectivity index (χ0n) is 12.5. The van der Waals surface area contributed by atoms with Crippen molar-refractivity contribution in [1.29, 1.82) is 0 Å². The van der Waals surface area contributed by atoms with Gasteiger partial charge >= 0.3 is 0 Å². The standard InChI is InChI=1S/C15H20N4O2/c1-10-13(11(2)21-18-10)7-15(20)16-8-12-9-17-19-6-4-3-5-14(12)19/h9H,3-8H2,1-2H3,(H,16,20). The van der Waals surface area contributed by atoms with Crippen molar-refractivity contribution in [3.8, 4) is 0 Å². The summed E-state index contributed by atoms with van der Waals surface area (Å²) in [6, 6.07) is 0. The molecule has 0 aromatic carbocycles. The van der Waals surface area contributed by atoms with Crippen LogP contribution < -0.4 is 5.32 Å². The van der Waals surface area contributed by atoms with Gasteiger partial charge in [-0.05, 0) is 33.1 Å². The smallest absolute Gasteiger partial charge is 0.224 e. The molecule has 6 heteroatoms. The Balaban J connectivity index is 1.60. The Kier molecular flexibility index (Phi) is 3.77. The summed E-state index contributed by atoms with van der Waals surface area (Å²) in [5, 5.41) is 11.2. The van der Waals surface area contributed by atoms with Crippen LogP contribution in [0.15, 0.2) is 10.7 Å². The number of aromatic nitrogens is 3. The van der Waals surface area contributed by atoms with Gasteiger partial charge in [0.25, 0.3) is 0 Å². The topological polar surface area (TPSA) is 73.0 Å². The van der Waals surface area contributed by atoms with Gasteiger partial charge < -0.3 is 9.84 Å². The number of hydrogen-bond donors (Lipinski definition) is 1. The summed E-state index contributed by atoms with van der Waals surface area (Å²) < 4.78 is 7.13. The second kappa shape index (κ2) is 5.71. The zero-order valence-corrected chi connectivity index (χ0v) is 12.5. The molecule has 0 unspecified atom stereocenters. The number of nitrogens with zero attached hydrogens (tertiary/aromatic N) is 3. The van der Waals surface area contributed by atoms with Gasteiger partial charge in [-0.2, -0.15) is 5.10 Å². The Morgan fingerprint density at radius 2 is 2.29 bits per heavy atom. The predicted molar refractivity (Wildman–Crippen MR) is 76.7 cm³/mol. The van der Waals surface area contributed by atoms with Crippen LogP contribution in [0.25, 0.3) is 0 Å². The molecule has 6 nitrogen and oxygen atoms in total. The Morgan fingerprint density at radius 3 is 3.05 bits per heavy atom. The molecule has 1 amide bonds. The molecule has 1 aliphatic heterocycles. The minimum Gasteiger partial charge on any atom is -0.361 e. The minimum atomic E-state index is -0.0137. The fourth-order valence-corrected chi connectivity index (χ4v) is 2.80. The van der Waals surface area contributed by atoms with Crippen molar-refractivity contribution in [2.45, 2.75) is 52.6 Å². The second-order valence-corrected chi connectivity index (χ2v) is 5.55. The first-order valence-corrected chi connectivity index (χ1v) is 7.37. The highest BCUT2D eigenvalue weighted by Gasteiger charge is 2.16. The van der Waals surface area contributed by atoms with Crippen LogP contribution in [-0.4, -0.2) is 20.8 Å². The zero-order chi connectivity index (χ0) is 14.8. The van der Waals surface area contributed by atoms with Crippen molar-refractivity contribution in [2.75, 3.05) is 0 Å². The van der Waals surface area contributed by atoms with E-state index in [-0.39, 0.29) is 5.91 Å². The maximum Gasteiger partial charge on any atom is 0.224 e. The van der Waals surface area contributed by atoms with E-state index < -0.39 is 0 Å². The molecule has 1 N–H and O–H groups in total. The molecule has 0 atom stereocenters. The van der Waals surface area contributed by atoms with Crippen molar-refractivity contribution >= 4 is 5.91 Å². The van der Waals surface area contributed by atoms with Crippen LogP contribution in [0.4, 0.5) is 0 Å². The van der Waals surface area contributed by atoms with Gasteiger partial charge in [-0.15, -0.1) is 0 Å². The maximum atomic E-state index is 12.1. The summed E-state index contributed by atoms with van der Waals surface area (Å²) in [5.74, 6) is 0.700. The van der Waals surface area contributed by atoms with E-state index in [1.54, 1.807) is 0 Å². The van der Waals surface area contributed by atoms with E-state index in [0.29, 0.717) is 18.7 Å². The number of nitrogens with one attached hydrogen (secondary N) is 1. The normalized spacial score (nSPS) is 14.0. The summed E-state index contributed by atoms with van der Waals surface area (Å²) in [7, 11) is 0. The van der Waals surface area contributed by atoms with E-state index in [1.807, 2.05) is 20.0 Å². The van der Waals surface area contributed by atoms with Crippen molar-refractivity contribution in [3.05, 3.63) is 34.5 Å². The Morgan fingerprint density at radius 1 is 1.43 bits per heavy atom. The molecule has 2 aromatic rings. The van der Waals surface area contributed by atoms with E-state index in [0.717, 1.165) is 29.8 Å². The molecule has 0 aliphatic carbocycles. The molecule has 21 heavy (non-hydrogen) atoms. The lowest BCUT2D eigenvalue weighted by Gasteiger charge is -2.14. The molecule has 3 rings (SSSR count). The van der Waals surface area contributed by atoms with Crippen molar-refractivity contribution in [3.63, 3.8) is 0 Å². The fourth-order valence-electron chi connectivity index (χ4n) is 2.80. The SMILES string of the molecule is Cc1noc(C)c1CC(=O)NCc1cnn2c1CCCC2. The first kappa shape index (κ1) is 13.9. The number of aryl methyl sites for hydroxylation is 3. The molecule has 0 spiro atoms. The molecular formula is C15H20N4O2. The molecule has 0 radical (unpaired) electrons. The highest BCUT2D eigenvalue weighted by molar-refractivity contribution is 5.79. The predicted octanol–water partition coefficient (Wildman–Crippen LogP) is 1.68. The van der Waals surface area contributed by atoms with Crippen LogP contribution in [0.3, 0.4) is 0 Å². The number of amides is 1. The van der Waals surface area contributed by atoms with Crippen molar-refractivity contribution in [2.24, 2.45) is 0 Å². The largest absolute Gasteiger partial charge is 0.361 e. The average Bonchev–Trinajstić information content (AvgIpc) is 3.03. The molecule has 0 fully saturated rings. The number of carbonyl (C=O) groups is 1.